The van der Waals surface area contributed by atoms with Gasteiger partial charge >= 0.3 is 0 Å². The lowest BCUT2D eigenvalue weighted by molar-refractivity contribution is 0.0930. The highest BCUT2D eigenvalue weighted by atomic mass is 32.2. The van der Waals surface area contributed by atoms with E-state index in [0.29, 0.717) is 6.04 Å². The minimum Gasteiger partial charge on any atom is -0.361 e. The van der Waals surface area contributed by atoms with Crippen LogP contribution in [-0.4, -0.2) is 17.1 Å². The Balaban J connectivity index is 1.68. The molecule has 0 saturated heterocycles. The van der Waals surface area contributed by atoms with E-state index in [2.05, 4.69) is 10.5 Å². The van der Waals surface area contributed by atoms with E-state index in [1.165, 1.54) is 25.7 Å². The molecule has 1 aliphatic rings. The summed E-state index contributed by atoms with van der Waals surface area (Å²) >= 11 is 1.67. The number of hydrogen-bond acceptors (Lipinski definition) is 4. The van der Waals surface area contributed by atoms with E-state index in [0.717, 1.165) is 46.1 Å². The molecule has 0 atom stereocenters. The van der Waals surface area contributed by atoms with Crippen molar-refractivity contribution in [1.82, 2.24) is 10.5 Å². The van der Waals surface area contributed by atoms with Crippen LogP contribution in [0.5, 0.6) is 0 Å². The molecule has 1 amide bonds. The molecule has 134 valence electrons. The summed E-state index contributed by atoms with van der Waals surface area (Å²) in [5, 5.41) is 7.25. The van der Waals surface area contributed by atoms with Gasteiger partial charge in [-0.3, -0.25) is 4.79 Å². The predicted molar refractivity (Wildman–Crippen MR) is 101 cm³/mol. The van der Waals surface area contributed by atoms with Crippen LogP contribution in [0.3, 0.4) is 0 Å². The van der Waals surface area contributed by atoms with Crippen LogP contribution >= 0.6 is 11.8 Å². The largest absolute Gasteiger partial charge is 0.361 e. The van der Waals surface area contributed by atoms with Gasteiger partial charge < -0.3 is 9.84 Å². The summed E-state index contributed by atoms with van der Waals surface area (Å²) in [5.74, 6) is 1.66. The topological polar surface area (TPSA) is 55.1 Å². The first-order valence-electron chi connectivity index (χ1n) is 9.09. The number of thioether (sulfide) groups is 1. The number of rotatable bonds is 5. The molecule has 25 heavy (non-hydrogen) atoms. The highest BCUT2D eigenvalue weighted by Gasteiger charge is 2.18. The van der Waals surface area contributed by atoms with Crippen molar-refractivity contribution >= 4 is 17.7 Å². The lowest BCUT2D eigenvalue weighted by atomic mass is 10.1. The highest BCUT2D eigenvalue weighted by Crippen LogP contribution is 2.29. The van der Waals surface area contributed by atoms with Crippen molar-refractivity contribution in [3.8, 4) is 0 Å². The molecule has 1 saturated carbocycles. The number of aryl methyl sites for hydroxylation is 2. The molecule has 0 spiro atoms. The smallest absolute Gasteiger partial charge is 0.252 e. The third-order valence-corrected chi connectivity index (χ3v) is 5.98. The predicted octanol–water partition coefficient (Wildman–Crippen LogP) is 5.04. The second kappa shape index (κ2) is 8.56. The van der Waals surface area contributed by atoms with E-state index in [4.69, 9.17) is 4.52 Å². The first-order chi connectivity index (χ1) is 12.1. The van der Waals surface area contributed by atoms with Crippen LogP contribution in [0, 0.1) is 13.8 Å². The number of nitrogens with zero attached hydrogens (tertiary/aromatic N) is 1. The van der Waals surface area contributed by atoms with Gasteiger partial charge in [-0.15, -0.1) is 11.8 Å². The van der Waals surface area contributed by atoms with Crippen LogP contribution < -0.4 is 5.32 Å². The van der Waals surface area contributed by atoms with Crippen molar-refractivity contribution < 1.29 is 9.32 Å². The zero-order chi connectivity index (χ0) is 17.6. The third-order valence-electron chi connectivity index (χ3n) is 4.88. The van der Waals surface area contributed by atoms with Crippen LogP contribution in [0.4, 0.5) is 0 Å². The molecule has 1 N–H and O–H groups in total. The van der Waals surface area contributed by atoms with Crippen molar-refractivity contribution in [2.45, 2.75) is 69.1 Å². The van der Waals surface area contributed by atoms with E-state index in [1.54, 1.807) is 11.8 Å². The minimum atomic E-state index is 0.0498. The number of hydrogen-bond donors (Lipinski definition) is 1. The number of aromatic nitrogens is 1. The van der Waals surface area contributed by atoms with Crippen molar-refractivity contribution in [2.75, 3.05) is 0 Å². The number of amides is 1. The summed E-state index contributed by atoms with van der Waals surface area (Å²) in [5.41, 5.74) is 2.80. The van der Waals surface area contributed by atoms with Gasteiger partial charge in [0.25, 0.3) is 5.91 Å². The quantitative estimate of drug-likeness (QED) is 0.601. The Morgan fingerprint density at radius 3 is 2.60 bits per heavy atom. The average molecular weight is 359 g/mol. The number of carbonyl (C=O) groups excluding carboxylic acids is 1. The van der Waals surface area contributed by atoms with Gasteiger partial charge in [0.1, 0.15) is 5.76 Å². The van der Waals surface area contributed by atoms with Gasteiger partial charge in [0.2, 0.25) is 0 Å². The molecule has 3 rings (SSSR count). The number of benzene rings is 1. The molecule has 1 aromatic carbocycles. The minimum absolute atomic E-state index is 0.0498. The molecule has 0 unspecified atom stereocenters. The Bertz CT molecular complexity index is 699. The van der Waals surface area contributed by atoms with Crippen molar-refractivity contribution in [3.63, 3.8) is 0 Å². The van der Waals surface area contributed by atoms with Crippen molar-refractivity contribution in [1.29, 1.82) is 0 Å². The normalized spacial score (nSPS) is 15.8. The lowest BCUT2D eigenvalue weighted by Crippen LogP contribution is -2.34. The molecule has 5 heteroatoms. The van der Waals surface area contributed by atoms with Crippen LogP contribution in [0.15, 0.2) is 33.7 Å². The SMILES string of the molecule is Cc1noc(C)c1CSc1ccccc1C(=O)NC1CCCCCC1. The molecule has 0 bridgehead atoms. The average Bonchev–Trinajstić information content (AvgIpc) is 2.80. The summed E-state index contributed by atoms with van der Waals surface area (Å²) in [6.45, 7) is 3.89. The summed E-state index contributed by atoms with van der Waals surface area (Å²) in [4.78, 5) is 13.8. The summed E-state index contributed by atoms with van der Waals surface area (Å²) in [7, 11) is 0. The van der Waals surface area contributed by atoms with Gasteiger partial charge in [0.05, 0.1) is 11.3 Å². The monoisotopic (exact) mass is 358 g/mol. The van der Waals surface area contributed by atoms with E-state index < -0.39 is 0 Å². The van der Waals surface area contributed by atoms with Crippen LogP contribution in [0.1, 0.15) is 65.9 Å². The Hall–Kier alpha value is -1.75. The first-order valence-corrected chi connectivity index (χ1v) is 10.1. The number of nitrogens with one attached hydrogen (secondary N) is 1. The standard InChI is InChI=1S/C20H26N2O2S/c1-14-18(15(2)24-22-14)13-25-19-12-8-7-11-17(19)20(23)21-16-9-5-3-4-6-10-16/h7-8,11-12,16H,3-6,9-10,13H2,1-2H3,(H,21,23). The van der Waals surface area contributed by atoms with Gasteiger partial charge in [-0.2, -0.15) is 0 Å². The van der Waals surface area contributed by atoms with Crippen LogP contribution in [0.25, 0.3) is 0 Å². The molecule has 2 aromatic rings. The van der Waals surface area contributed by atoms with Gasteiger partial charge in [-0.05, 0) is 38.8 Å². The fourth-order valence-corrected chi connectivity index (χ4v) is 4.53. The first kappa shape index (κ1) is 18.1. The summed E-state index contributed by atoms with van der Waals surface area (Å²) < 4.78 is 5.23. The van der Waals surface area contributed by atoms with E-state index >= 15 is 0 Å². The van der Waals surface area contributed by atoms with Crippen LogP contribution in [0.2, 0.25) is 0 Å². The molecule has 1 heterocycles. The van der Waals surface area contributed by atoms with Gasteiger partial charge in [0.15, 0.2) is 0 Å². The van der Waals surface area contributed by atoms with E-state index in [1.807, 2.05) is 38.1 Å². The molecule has 1 aliphatic carbocycles. The molecule has 0 aliphatic heterocycles. The van der Waals surface area contributed by atoms with Crippen molar-refractivity contribution in [2.24, 2.45) is 0 Å². The van der Waals surface area contributed by atoms with E-state index in [-0.39, 0.29) is 5.91 Å². The van der Waals surface area contributed by atoms with Crippen LogP contribution in [-0.2, 0) is 5.75 Å². The van der Waals surface area contributed by atoms with E-state index in [9.17, 15) is 4.79 Å². The zero-order valence-electron chi connectivity index (χ0n) is 15.0. The fraction of sp³-hybridized carbons (Fsp3) is 0.500. The van der Waals surface area contributed by atoms with Gasteiger partial charge in [0, 0.05) is 22.3 Å². The Morgan fingerprint density at radius 2 is 1.92 bits per heavy atom. The third kappa shape index (κ3) is 4.66. The molecule has 1 fully saturated rings. The molecule has 0 radical (unpaired) electrons. The Labute approximate surface area is 153 Å². The second-order valence-corrected chi connectivity index (χ2v) is 7.77. The molecular formula is C20H26N2O2S. The second-order valence-electron chi connectivity index (χ2n) is 6.75. The molecule has 4 nitrogen and oxygen atoms in total. The maximum atomic E-state index is 12.8. The van der Waals surface area contributed by atoms with Gasteiger partial charge in [-0.1, -0.05) is 43.0 Å². The number of carbonyl (C=O) groups is 1. The maximum Gasteiger partial charge on any atom is 0.252 e. The highest BCUT2D eigenvalue weighted by molar-refractivity contribution is 7.98. The molecule has 1 aromatic heterocycles. The van der Waals surface area contributed by atoms with Gasteiger partial charge in [-0.25, -0.2) is 0 Å². The lowest BCUT2D eigenvalue weighted by Gasteiger charge is -2.17. The summed E-state index contributed by atoms with van der Waals surface area (Å²) in [6.07, 6.45) is 7.20. The maximum absolute atomic E-state index is 12.8. The zero-order valence-corrected chi connectivity index (χ0v) is 15.8. The fourth-order valence-electron chi connectivity index (χ4n) is 3.32. The molecular weight excluding hydrogens is 332 g/mol. The van der Waals surface area contributed by atoms with Crippen molar-refractivity contribution in [3.05, 3.63) is 46.8 Å². The Kier molecular flexibility index (Phi) is 6.19. The Morgan fingerprint density at radius 1 is 1.20 bits per heavy atom. The summed E-state index contributed by atoms with van der Waals surface area (Å²) in [6, 6.07) is 8.17.